The highest BCUT2D eigenvalue weighted by Gasteiger charge is 2.53. The van der Waals surface area contributed by atoms with Crippen molar-refractivity contribution in [3.63, 3.8) is 0 Å². The fourth-order valence-electron chi connectivity index (χ4n) is 7.97. The molecule has 4 saturated carbocycles. The summed E-state index contributed by atoms with van der Waals surface area (Å²) in [5, 5.41) is 0. The van der Waals surface area contributed by atoms with E-state index in [2.05, 4.69) is 29.2 Å². The number of rotatable bonds is 2. The van der Waals surface area contributed by atoms with Crippen LogP contribution in [0, 0.1) is 29.1 Å². The van der Waals surface area contributed by atoms with E-state index < -0.39 is 0 Å². The Labute approximate surface area is 151 Å². The minimum atomic E-state index is 0.267. The number of carbonyl (C=O) groups excluding carboxylic acids is 1. The summed E-state index contributed by atoms with van der Waals surface area (Å²) in [6, 6.07) is 8.88. The Kier molecular flexibility index (Phi) is 3.03. The Bertz CT molecular complexity index is 687. The predicted molar refractivity (Wildman–Crippen MR) is 98.2 cm³/mol. The largest absolute Gasteiger partial charge is 0.341 e. The van der Waals surface area contributed by atoms with Crippen molar-refractivity contribution in [2.75, 3.05) is 13.1 Å². The van der Waals surface area contributed by atoms with E-state index in [0.29, 0.717) is 17.2 Å². The van der Waals surface area contributed by atoms with Gasteiger partial charge >= 0.3 is 0 Å². The second-order valence-electron chi connectivity index (χ2n) is 10.1. The molecule has 1 saturated heterocycles. The van der Waals surface area contributed by atoms with Crippen LogP contribution < -0.4 is 0 Å². The molecule has 25 heavy (non-hydrogen) atoms. The standard InChI is InChI=1S/C23H29NO/c25-22-20-6-5-18-3-1-2-4-19(18)21(20)13-24(22)14-23-10-15-7-16(11-23)9-17(8-15)12-23/h1-4,15-17,20-21H,5-14H2. The number of hydrogen-bond acceptors (Lipinski definition) is 1. The molecule has 1 aromatic rings. The van der Waals surface area contributed by atoms with Crippen LogP contribution in [-0.2, 0) is 11.2 Å². The predicted octanol–water partition coefficient (Wildman–Crippen LogP) is 4.39. The van der Waals surface area contributed by atoms with Gasteiger partial charge in [-0.15, -0.1) is 0 Å². The lowest BCUT2D eigenvalue weighted by atomic mass is 9.49. The van der Waals surface area contributed by atoms with Gasteiger partial charge in [0.25, 0.3) is 0 Å². The number of amides is 1. The highest BCUT2D eigenvalue weighted by atomic mass is 16.2. The fraction of sp³-hybridized carbons (Fsp3) is 0.696. The highest BCUT2D eigenvalue weighted by Crippen LogP contribution is 2.60. The third kappa shape index (κ3) is 2.18. The zero-order valence-electron chi connectivity index (χ0n) is 15.1. The number of likely N-dealkylation sites (tertiary alicyclic amines) is 1. The van der Waals surface area contributed by atoms with Gasteiger partial charge in [0, 0.05) is 24.9 Å². The monoisotopic (exact) mass is 335 g/mol. The number of aryl methyl sites for hydroxylation is 1. The zero-order valence-corrected chi connectivity index (χ0v) is 15.1. The molecule has 0 aromatic heterocycles. The normalized spacial score (nSPS) is 44.1. The third-order valence-electron chi connectivity index (χ3n) is 8.40. The van der Waals surface area contributed by atoms with Crippen molar-refractivity contribution in [2.24, 2.45) is 29.1 Å². The van der Waals surface area contributed by atoms with Crippen molar-refractivity contribution in [3.8, 4) is 0 Å². The molecule has 1 aliphatic heterocycles. The van der Waals surface area contributed by atoms with Crippen molar-refractivity contribution in [2.45, 2.75) is 57.3 Å². The molecule has 1 aromatic carbocycles. The van der Waals surface area contributed by atoms with E-state index in [1.165, 1.54) is 49.7 Å². The van der Waals surface area contributed by atoms with Crippen LogP contribution >= 0.6 is 0 Å². The Morgan fingerprint density at radius 1 is 0.960 bits per heavy atom. The van der Waals surface area contributed by atoms with Gasteiger partial charge in [-0.2, -0.15) is 0 Å². The molecule has 7 rings (SSSR count). The smallest absolute Gasteiger partial charge is 0.226 e. The number of hydrogen-bond donors (Lipinski definition) is 0. The summed E-state index contributed by atoms with van der Waals surface area (Å²) in [6.45, 7) is 2.06. The minimum Gasteiger partial charge on any atom is -0.341 e. The van der Waals surface area contributed by atoms with Crippen LogP contribution in [0.25, 0.3) is 0 Å². The van der Waals surface area contributed by atoms with E-state index in [9.17, 15) is 4.79 Å². The molecule has 0 N–H and O–H groups in total. The van der Waals surface area contributed by atoms with Crippen LogP contribution in [0.1, 0.15) is 62.0 Å². The molecule has 132 valence electrons. The third-order valence-corrected chi connectivity index (χ3v) is 8.40. The van der Waals surface area contributed by atoms with Crippen molar-refractivity contribution < 1.29 is 4.79 Å². The summed E-state index contributed by atoms with van der Waals surface area (Å²) in [6.07, 6.45) is 10.9. The Hall–Kier alpha value is -1.31. The van der Waals surface area contributed by atoms with Crippen molar-refractivity contribution in [1.29, 1.82) is 0 Å². The summed E-state index contributed by atoms with van der Waals surface area (Å²) in [7, 11) is 0. The van der Waals surface area contributed by atoms with E-state index in [4.69, 9.17) is 0 Å². The maximum atomic E-state index is 13.2. The molecule has 1 heterocycles. The fourth-order valence-corrected chi connectivity index (χ4v) is 7.97. The van der Waals surface area contributed by atoms with E-state index in [1.54, 1.807) is 0 Å². The lowest BCUT2D eigenvalue weighted by molar-refractivity contribution is -0.136. The number of fused-ring (bicyclic) bond motifs is 3. The second-order valence-corrected chi connectivity index (χ2v) is 10.1. The van der Waals surface area contributed by atoms with Gasteiger partial charge < -0.3 is 4.90 Å². The Morgan fingerprint density at radius 3 is 2.36 bits per heavy atom. The average Bonchev–Trinajstić information content (AvgIpc) is 2.89. The van der Waals surface area contributed by atoms with Crippen LogP contribution in [0.15, 0.2) is 24.3 Å². The Balaban J connectivity index is 1.27. The molecule has 5 fully saturated rings. The van der Waals surface area contributed by atoms with E-state index >= 15 is 0 Å². The van der Waals surface area contributed by atoms with Gasteiger partial charge in [-0.3, -0.25) is 4.79 Å². The van der Waals surface area contributed by atoms with Gasteiger partial charge in [-0.25, -0.2) is 0 Å². The molecule has 2 heteroatoms. The number of carbonyl (C=O) groups is 1. The molecule has 5 aliphatic carbocycles. The molecule has 0 radical (unpaired) electrons. The van der Waals surface area contributed by atoms with Gasteiger partial charge in [0.1, 0.15) is 0 Å². The van der Waals surface area contributed by atoms with Crippen LogP contribution in [0.4, 0.5) is 0 Å². The molecular formula is C23H29NO. The molecular weight excluding hydrogens is 306 g/mol. The number of nitrogens with zero attached hydrogens (tertiary/aromatic N) is 1. The van der Waals surface area contributed by atoms with E-state index in [1.807, 2.05) is 0 Å². The second kappa shape index (κ2) is 5.11. The molecule has 2 atom stereocenters. The molecule has 0 spiro atoms. The van der Waals surface area contributed by atoms with Crippen molar-refractivity contribution >= 4 is 5.91 Å². The molecule has 2 unspecified atom stereocenters. The average molecular weight is 335 g/mol. The topological polar surface area (TPSA) is 20.3 Å². The van der Waals surface area contributed by atoms with E-state index in [0.717, 1.165) is 43.7 Å². The first kappa shape index (κ1) is 14.8. The van der Waals surface area contributed by atoms with E-state index in [-0.39, 0.29) is 5.92 Å². The molecule has 6 aliphatic rings. The lowest BCUT2D eigenvalue weighted by Gasteiger charge is -2.57. The van der Waals surface area contributed by atoms with Crippen LogP contribution in [0.2, 0.25) is 0 Å². The zero-order chi connectivity index (χ0) is 16.6. The maximum absolute atomic E-state index is 13.2. The summed E-state index contributed by atoms with van der Waals surface area (Å²) in [5.41, 5.74) is 3.45. The van der Waals surface area contributed by atoms with Crippen LogP contribution in [0.5, 0.6) is 0 Å². The Morgan fingerprint density at radius 2 is 1.64 bits per heavy atom. The van der Waals surface area contributed by atoms with Gasteiger partial charge in [0.2, 0.25) is 5.91 Å². The molecule has 4 bridgehead atoms. The molecule has 1 amide bonds. The van der Waals surface area contributed by atoms with Crippen molar-refractivity contribution in [1.82, 2.24) is 4.90 Å². The summed E-state index contributed by atoms with van der Waals surface area (Å²) >= 11 is 0. The van der Waals surface area contributed by atoms with Gasteiger partial charge in [0.15, 0.2) is 0 Å². The van der Waals surface area contributed by atoms with Crippen LogP contribution in [0.3, 0.4) is 0 Å². The van der Waals surface area contributed by atoms with Gasteiger partial charge in [-0.05, 0) is 85.7 Å². The highest BCUT2D eigenvalue weighted by molar-refractivity contribution is 5.83. The first-order valence-corrected chi connectivity index (χ1v) is 10.6. The summed E-state index contributed by atoms with van der Waals surface area (Å²) in [4.78, 5) is 15.5. The van der Waals surface area contributed by atoms with Gasteiger partial charge in [-0.1, -0.05) is 24.3 Å². The molecule has 2 nitrogen and oxygen atoms in total. The quantitative estimate of drug-likeness (QED) is 0.785. The maximum Gasteiger partial charge on any atom is 0.226 e. The van der Waals surface area contributed by atoms with Gasteiger partial charge in [0.05, 0.1) is 0 Å². The minimum absolute atomic E-state index is 0.267. The SMILES string of the molecule is O=C1C2CCc3ccccc3C2CN1CC12CC3CC(CC(C3)C1)C2. The first-order chi connectivity index (χ1) is 12.2. The number of benzene rings is 1. The lowest BCUT2D eigenvalue weighted by Crippen LogP contribution is -2.51. The van der Waals surface area contributed by atoms with Crippen molar-refractivity contribution in [3.05, 3.63) is 35.4 Å². The summed E-state index contributed by atoms with van der Waals surface area (Å²) in [5.74, 6) is 4.15. The first-order valence-electron chi connectivity index (χ1n) is 10.6. The van der Waals surface area contributed by atoms with Crippen LogP contribution in [-0.4, -0.2) is 23.9 Å². The summed E-state index contributed by atoms with van der Waals surface area (Å²) < 4.78 is 0.